The average molecular weight is 495 g/mol. The molecule has 1 saturated heterocycles. The second-order valence-corrected chi connectivity index (χ2v) is 8.72. The Morgan fingerprint density at radius 2 is 2.18 bits per heavy atom. The highest BCUT2D eigenvalue weighted by Gasteiger charge is 2.53. The number of oxime groups is 1. The summed E-state index contributed by atoms with van der Waals surface area (Å²) in [5.41, 5.74) is 5.73. The van der Waals surface area contributed by atoms with E-state index in [1.54, 1.807) is 6.08 Å². The van der Waals surface area contributed by atoms with Gasteiger partial charge in [-0.15, -0.1) is 23.1 Å². The van der Waals surface area contributed by atoms with E-state index >= 15 is 0 Å². The lowest BCUT2D eigenvalue weighted by molar-refractivity contribution is -0.153. The number of nitrogen functional groups attached to an aromatic ring is 1. The van der Waals surface area contributed by atoms with Crippen molar-refractivity contribution in [1.82, 2.24) is 15.2 Å². The second kappa shape index (κ2) is 9.11. The summed E-state index contributed by atoms with van der Waals surface area (Å²) in [4.78, 5) is 59.1. The summed E-state index contributed by atoms with van der Waals surface area (Å²) in [6, 6.07) is -0.897. The number of β-lactam (4-membered cyclic amide) rings is 1. The highest BCUT2D eigenvalue weighted by Crippen LogP contribution is 2.38. The summed E-state index contributed by atoms with van der Waals surface area (Å²) in [6.45, 7) is 1.16. The number of fused-ring (bicyclic) bond motifs is 1. The number of nitrogens with zero attached hydrogens (tertiary/aromatic N) is 3. The molecule has 174 valence electrons. The molecule has 4 heterocycles. The summed E-state index contributed by atoms with van der Waals surface area (Å²) < 4.78 is 14.7. The molecule has 0 aliphatic carbocycles. The molecule has 0 spiro atoms. The molecule has 0 radical (unpaired) electrons. The van der Waals surface area contributed by atoms with Crippen molar-refractivity contribution in [1.29, 1.82) is 0 Å². The van der Waals surface area contributed by atoms with Crippen LogP contribution in [0, 0.1) is 6.92 Å². The zero-order valence-corrected chi connectivity index (χ0v) is 18.9. The zero-order chi connectivity index (χ0) is 23.7. The maximum absolute atomic E-state index is 12.8. The van der Waals surface area contributed by atoms with Gasteiger partial charge < -0.3 is 29.5 Å². The minimum absolute atomic E-state index is 0.0378. The Labute approximate surface area is 193 Å². The van der Waals surface area contributed by atoms with Crippen LogP contribution in [0.15, 0.2) is 35.9 Å². The highest BCUT2D eigenvalue weighted by atomic mass is 32.2. The van der Waals surface area contributed by atoms with Gasteiger partial charge in [-0.1, -0.05) is 5.16 Å². The van der Waals surface area contributed by atoms with E-state index in [4.69, 9.17) is 24.1 Å². The number of aryl methyl sites for hydroxylation is 1. The van der Waals surface area contributed by atoms with Crippen molar-refractivity contribution in [2.45, 2.75) is 24.9 Å². The van der Waals surface area contributed by atoms with E-state index in [1.165, 1.54) is 36.1 Å². The predicted molar refractivity (Wildman–Crippen MR) is 115 cm³/mol. The smallest absolute Gasteiger partial charge is 0.453 e. The standard InChI is InChI=1S/C18H17N5O8S2/c1-7-10(31-18(27)30-7)5-29-16(26)9-3-4-32-15-12(14(25)23(9)15)21-13(24)11(22-28-2)8-6-33-17(19)20-8/h3,6,12,15H,4-5H2,1-2H3,(H2,19,20)(H,21,24)/b22-11-/t12-,15-/m1/s1. The molecule has 2 aliphatic rings. The van der Waals surface area contributed by atoms with E-state index in [2.05, 4.69) is 15.5 Å². The first-order chi connectivity index (χ1) is 15.8. The Morgan fingerprint density at radius 3 is 2.82 bits per heavy atom. The van der Waals surface area contributed by atoms with Gasteiger partial charge in [0.25, 0.3) is 11.8 Å². The number of esters is 1. The fourth-order valence-electron chi connectivity index (χ4n) is 3.14. The first-order valence-electron chi connectivity index (χ1n) is 9.35. The van der Waals surface area contributed by atoms with E-state index in [1.807, 2.05) is 0 Å². The van der Waals surface area contributed by atoms with Crippen molar-refractivity contribution in [3.8, 4) is 0 Å². The fourth-order valence-corrected chi connectivity index (χ4v) is 4.89. The van der Waals surface area contributed by atoms with Crippen molar-refractivity contribution in [2.75, 3.05) is 18.6 Å². The number of ether oxygens (including phenoxy) is 1. The van der Waals surface area contributed by atoms with Crippen LogP contribution in [0.5, 0.6) is 0 Å². The molecular weight excluding hydrogens is 478 g/mol. The van der Waals surface area contributed by atoms with Crippen LogP contribution in [-0.4, -0.2) is 57.7 Å². The van der Waals surface area contributed by atoms with Gasteiger partial charge in [0.15, 0.2) is 29.0 Å². The van der Waals surface area contributed by atoms with Crippen molar-refractivity contribution in [2.24, 2.45) is 5.16 Å². The third-order valence-electron chi connectivity index (χ3n) is 4.67. The van der Waals surface area contributed by atoms with Crippen LogP contribution in [0.25, 0.3) is 0 Å². The van der Waals surface area contributed by atoms with Crippen LogP contribution in [0.1, 0.15) is 17.2 Å². The van der Waals surface area contributed by atoms with E-state index in [0.29, 0.717) is 5.75 Å². The normalized spacial score (nSPS) is 19.9. The minimum Gasteiger partial charge on any atom is -0.453 e. The minimum atomic E-state index is -0.903. The summed E-state index contributed by atoms with van der Waals surface area (Å²) in [7, 11) is 1.27. The molecule has 2 aromatic heterocycles. The lowest BCUT2D eigenvalue weighted by Crippen LogP contribution is -2.70. The molecule has 2 aliphatic heterocycles. The van der Waals surface area contributed by atoms with Crippen molar-refractivity contribution < 1.29 is 32.8 Å². The zero-order valence-electron chi connectivity index (χ0n) is 17.2. The predicted octanol–water partition coefficient (Wildman–Crippen LogP) is -0.0424. The van der Waals surface area contributed by atoms with Crippen LogP contribution in [0.4, 0.5) is 5.13 Å². The van der Waals surface area contributed by atoms with Gasteiger partial charge in [0.05, 0.1) is 0 Å². The van der Waals surface area contributed by atoms with Gasteiger partial charge >= 0.3 is 11.8 Å². The summed E-state index contributed by atoms with van der Waals surface area (Å²) in [5.74, 6) is -2.18. The van der Waals surface area contributed by atoms with E-state index in [0.717, 1.165) is 11.3 Å². The number of amides is 2. The molecule has 13 nitrogen and oxygen atoms in total. The van der Waals surface area contributed by atoms with Gasteiger partial charge in [0.2, 0.25) is 0 Å². The summed E-state index contributed by atoms with van der Waals surface area (Å²) >= 11 is 2.48. The summed E-state index contributed by atoms with van der Waals surface area (Å²) in [6.07, 6.45) is 1.55. The SMILES string of the molecule is CO/N=C(\C(=O)N[C@@H]1C(=O)N2C(C(=O)OCc3oc(=O)oc3C)=CCS[C@H]12)c1csc(N)n1. The third kappa shape index (κ3) is 4.36. The molecule has 2 amide bonds. The van der Waals surface area contributed by atoms with Crippen LogP contribution in [-0.2, 0) is 30.6 Å². The Bertz CT molecular complexity index is 1230. The third-order valence-corrected chi connectivity index (χ3v) is 6.53. The lowest BCUT2D eigenvalue weighted by Gasteiger charge is -2.48. The van der Waals surface area contributed by atoms with Gasteiger partial charge in [-0.25, -0.2) is 14.6 Å². The number of hydrogen-bond acceptors (Lipinski definition) is 13. The van der Waals surface area contributed by atoms with Gasteiger partial charge in [-0.2, -0.15) is 0 Å². The van der Waals surface area contributed by atoms with Crippen LogP contribution >= 0.6 is 23.1 Å². The first kappa shape index (κ1) is 22.6. The molecule has 4 rings (SSSR count). The topological polar surface area (TPSA) is 180 Å². The molecule has 2 aromatic rings. The number of carbonyl (C=O) groups is 3. The molecular formula is C18H17N5O8S2. The number of anilines is 1. The van der Waals surface area contributed by atoms with Gasteiger partial charge in [0.1, 0.15) is 29.9 Å². The molecule has 0 bridgehead atoms. The van der Waals surface area contributed by atoms with Crippen molar-refractivity contribution in [3.05, 3.63) is 45.0 Å². The van der Waals surface area contributed by atoms with Crippen molar-refractivity contribution in [3.63, 3.8) is 0 Å². The Morgan fingerprint density at radius 1 is 1.39 bits per heavy atom. The molecule has 15 heteroatoms. The number of thioether (sulfide) groups is 1. The highest BCUT2D eigenvalue weighted by molar-refractivity contribution is 8.00. The lowest BCUT2D eigenvalue weighted by atomic mass is 10.0. The Hall–Kier alpha value is -3.59. The molecule has 2 atom stereocenters. The number of hydrogen-bond donors (Lipinski definition) is 2. The number of rotatable bonds is 7. The molecule has 1 fully saturated rings. The average Bonchev–Trinajstić information content (AvgIpc) is 3.36. The van der Waals surface area contributed by atoms with Gasteiger partial charge in [-0.05, 0) is 13.0 Å². The Kier molecular flexibility index (Phi) is 6.24. The van der Waals surface area contributed by atoms with E-state index < -0.39 is 35.0 Å². The van der Waals surface area contributed by atoms with E-state index in [9.17, 15) is 19.2 Å². The number of carbonyl (C=O) groups excluding carboxylic acids is 3. The fraction of sp³-hybridized carbons (Fsp3) is 0.333. The van der Waals surface area contributed by atoms with Crippen LogP contribution in [0.2, 0.25) is 0 Å². The monoisotopic (exact) mass is 495 g/mol. The molecule has 0 aromatic carbocycles. The summed E-state index contributed by atoms with van der Waals surface area (Å²) in [5, 5.41) is 7.56. The quantitative estimate of drug-likeness (QED) is 0.228. The molecule has 33 heavy (non-hydrogen) atoms. The number of aromatic nitrogens is 1. The number of nitrogens with two attached hydrogens (primary N) is 1. The van der Waals surface area contributed by atoms with E-state index in [-0.39, 0.29) is 40.4 Å². The van der Waals surface area contributed by atoms with Crippen LogP contribution in [0.3, 0.4) is 0 Å². The second-order valence-electron chi connectivity index (χ2n) is 6.68. The number of thiazole rings is 1. The van der Waals surface area contributed by atoms with Crippen LogP contribution < -0.4 is 16.9 Å². The largest absolute Gasteiger partial charge is 0.519 e. The van der Waals surface area contributed by atoms with Crippen molar-refractivity contribution >= 4 is 51.7 Å². The number of nitrogens with one attached hydrogen (secondary N) is 1. The maximum Gasteiger partial charge on any atom is 0.519 e. The first-order valence-corrected chi connectivity index (χ1v) is 11.3. The Balaban J connectivity index is 1.42. The molecule has 3 N–H and O–H groups in total. The van der Waals surface area contributed by atoms with Gasteiger partial charge in [-0.3, -0.25) is 14.5 Å². The molecule has 0 unspecified atom stereocenters. The van der Waals surface area contributed by atoms with Gasteiger partial charge in [0, 0.05) is 11.1 Å². The maximum atomic E-state index is 12.8. The molecule has 0 saturated carbocycles.